The standard InChI is InChI=1S/C21H18BrF3N2O/c22-17-11-15-7-4-8-16(15)12-19(17)28-10-9-27-20(21(23,24)25)13-18(26-27)14-5-2-1-3-6-14/h1-3,5-6,11-13H,4,7-10H2. The molecular weight excluding hydrogens is 433 g/mol. The Morgan fingerprint density at radius 1 is 1.04 bits per heavy atom. The van der Waals surface area contributed by atoms with Crippen molar-refractivity contribution in [3.05, 3.63) is 69.8 Å². The lowest BCUT2D eigenvalue weighted by Gasteiger charge is -2.13. The first-order chi connectivity index (χ1) is 13.4. The number of alkyl halides is 3. The highest BCUT2D eigenvalue weighted by Crippen LogP contribution is 2.34. The maximum atomic E-state index is 13.4. The highest BCUT2D eigenvalue weighted by Gasteiger charge is 2.36. The van der Waals surface area contributed by atoms with E-state index in [0.717, 1.165) is 34.5 Å². The predicted octanol–water partition coefficient (Wildman–Crippen LogP) is 5.90. The van der Waals surface area contributed by atoms with Gasteiger partial charge in [-0.3, -0.25) is 4.68 Å². The van der Waals surface area contributed by atoms with Gasteiger partial charge >= 0.3 is 6.18 Å². The van der Waals surface area contributed by atoms with Crippen LogP contribution >= 0.6 is 15.9 Å². The van der Waals surface area contributed by atoms with Crippen LogP contribution in [-0.2, 0) is 25.6 Å². The van der Waals surface area contributed by atoms with Crippen LogP contribution in [0.2, 0.25) is 0 Å². The van der Waals surface area contributed by atoms with Crippen molar-refractivity contribution in [3.8, 4) is 17.0 Å². The van der Waals surface area contributed by atoms with Crippen molar-refractivity contribution < 1.29 is 17.9 Å². The molecule has 1 aliphatic carbocycles. The van der Waals surface area contributed by atoms with Gasteiger partial charge in [-0.15, -0.1) is 0 Å². The number of halogens is 4. The molecule has 0 atom stereocenters. The second kappa shape index (κ2) is 7.62. The van der Waals surface area contributed by atoms with Crippen molar-refractivity contribution in [2.45, 2.75) is 32.0 Å². The molecule has 1 heterocycles. The number of benzene rings is 2. The molecule has 0 N–H and O–H groups in total. The summed E-state index contributed by atoms with van der Waals surface area (Å²) >= 11 is 3.49. The normalized spacial score (nSPS) is 13.6. The van der Waals surface area contributed by atoms with Crippen LogP contribution in [0.5, 0.6) is 5.75 Å². The maximum Gasteiger partial charge on any atom is 0.433 e. The molecule has 0 saturated carbocycles. The third-order valence-corrected chi connectivity index (χ3v) is 5.47. The zero-order chi connectivity index (χ0) is 19.7. The maximum absolute atomic E-state index is 13.4. The van der Waals surface area contributed by atoms with Gasteiger partial charge < -0.3 is 4.74 Å². The van der Waals surface area contributed by atoms with E-state index in [2.05, 4.69) is 21.0 Å². The number of nitrogens with zero attached hydrogens (tertiary/aromatic N) is 2. The van der Waals surface area contributed by atoms with Crippen LogP contribution in [-0.4, -0.2) is 16.4 Å². The molecule has 0 amide bonds. The van der Waals surface area contributed by atoms with E-state index in [1.807, 2.05) is 18.2 Å². The van der Waals surface area contributed by atoms with Crippen molar-refractivity contribution >= 4 is 15.9 Å². The van der Waals surface area contributed by atoms with Gasteiger partial charge in [0.05, 0.1) is 16.7 Å². The van der Waals surface area contributed by atoms with Gasteiger partial charge in [0.15, 0.2) is 0 Å². The number of ether oxygens (including phenoxy) is 1. The Balaban J connectivity index is 1.52. The molecule has 0 saturated heterocycles. The molecule has 0 unspecified atom stereocenters. The minimum Gasteiger partial charge on any atom is -0.490 e. The molecule has 1 aromatic heterocycles. The first-order valence-electron chi connectivity index (χ1n) is 9.06. The Hall–Kier alpha value is -2.28. The Morgan fingerprint density at radius 3 is 2.46 bits per heavy atom. The zero-order valence-corrected chi connectivity index (χ0v) is 16.6. The molecule has 4 rings (SSSR count). The van der Waals surface area contributed by atoms with Crippen LogP contribution in [0.3, 0.4) is 0 Å². The fourth-order valence-electron chi connectivity index (χ4n) is 3.49. The van der Waals surface area contributed by atoms with Crippen LogP contribution in [0.4, 0.5) is 13.2 Å². The molecule has 0 aliphatic heterocycles. The lowest BCUT2D eigenvalue weighted by atomic mass is 10.1. The second-order valence-corrected chi connectivity index (χ2v) is 7.61. The number of hydrogen-bond donors (Lipinski definition) is 0. The largest absolute Gasteiger partial charge is 0.490 e. The topological polar surface area (TPSA) is 27.1 Å². The molecule has 0 spiro atoms. The first kappa shape index (κ1) is 19.1. The molecule has 28 heavy (non-hydrogen) atoms. The van der Waals surface area contributed by atoms with Gasteiger partial charge in [0.1, 0.15) is 18.1 Å². The number of aryl methyl sites for hydroxylation is 2. The smallest absolute Gasteiger partial charge is 0.433 e. The van der Waals surface area contributed by atoms with E-state index >= 15 is 0 Å². The quantitative estimate of drug-likeness (QED) is 0.483. The Bertz CT molecular complexity index is 983. The average Bonchev–Trinajstić information content (AvgIpc) is 3.29. The SMILES string of the molecule is FC(F)(F)c1cc(-c2ccccc2)nn1CCOc1cc2c(cc1Br)CCC2. The van der Waals surface area contributed by atoms with Gasteiger partial charge in [-0.25, -0.2) is 0 Å². The summed E-state index contributed by atoms with van der Waals surface area (Å²) in [6.45, 7) is 0.0988. The summed E-state index contributed by atoms with van der Waals surface area (Å²) in [5.74, 6) is 0.657. The second-order valence-electron chi connectivity index (χ2n) is 6.76. The summed E-state index contributed by atoms with van der Waals surface area (Å²) in [4.78, 5) is 0. The van der Waals surface area contributed by atoms with Crippen molar-refractivity contribution in [2.24, 2.45) is 0 Å². The summed E-state index contributed by atoms with van der Waals surface area (Å²) in [6.07, 6.45) is -1.29. The highest BCUT2D eigenvalue weighted by molar-refractivity contribution is 9.10. The van der Waals surface area contributed by atoms with Crippen LogP contribution in [0.1, 0.15) is 23.2 Å². The summed E-state index contributed by atoms with van der Waals surface area (Å²) in [5, 5.41) is 4.16. The zero-order valence-electron chi connectivity index (χ0n) is 15.0. The third-order valence-electron chi connectivity index (χ3n) is 4.85. The van der Waals surface area contributed by atoms with E-state index in [9.17, 15) is 13.2 Å². The molecule has 0 bridgehead atoms. The minimum absolute atomic E-state index is 0.00516. The fraction of sp³-hybridized carbons (Fsp3) is 0.286. The predicted molar refractivity (Wildman–Crippen MR) is 104 cm³/mol. The van der Waals surface area contributed by atoms with E-state index in [0.29, 0.717) is 17.0 Å². The van der Waals surface area contributed by atoms with Crippen LogP contribution in [0, 0.1) is 0 Å². The van der Waals surface area contributed by atoms with Gasteiger partial charge in [-0.1, -0.05) is 30.3 Å². The molecule has 7 heteroatoms. The Labute approximate surface area is 169 Å². The molecule has 146 valence electrons. The van der Waals surface area contributed by atoms with Crippen LogP contribution in [0.15, 0.2) is 53.0 Å². The van der Waals surface area contributed by atoms with Crippen molar-refractivity contribution in [2.75, 3.05) is 6.61 Å². The molecule has 3 nitrogen and oxygen atoms in total. The Kier molecular flexibility index (Phi) is 5.19. The van der Waals surface area contributed by atoms with Gasteiger partial charge in [0.25, 0.3) is 0 Å². The van der Waals surface area contributed by atoms with Crippen molar-refractivity contribution in [1.82, 2.24) is 9.78 Å². The monoisotopic (exact) mass is 450 g/mol. The van der Waals surface area contributed by atoms with Gasteiger partial charge in [-0.2, -0.15) is 18.3 Å². The van der Waals surface area contributed by atoms with Gasteiger partial charge in [-0.05, 0) is 64.5 Å². The molecule has 3 aromatic rings. The van der Waals surface area contributed by atoms with Gasteiger partial charge in [0, 0.05) is 5.56 Å². The molecule has 0 fully saturated rings. The number of hydrogen-bond acceptors (Lipinski definition) is 2. The van der Waals surface area contributed by atoms with Gasteiger partial charge in [0.2, 0.25) is 0 Å². The minimum atomic E-state index is -4.48. The van der Waals surface area contributed by atoms with Crippen molar-refractivity contribution in [3.63, 3.8) is 0 Å². The third kappa shape index (κ3) is 3.94. The average molecular weight is 451 g/mol. The first-order valence-corrected chi connectivity index (χ1v) is 9.86. The summed E-state index contributed by atoms with van der Waals surface area (Å²) in [6, 6.07) is 14.0. The van der Waals surface area contributed by atoms with E-state index in [1.54, 1.807) is 24.3 Å². The fourth-order valence-corrected chi connectivity index (χ4v) is 3.99. The van der Waals surface area contributed by atoms with Crippen molar-refractivity contribution in [1.29, 1.82) is 0 Å². The molecule has 2 aromatic carbocycles. The highest BCUT2D eigenvalue weighted by atomic mass is 79.9. The van der Waals surface area contributed by atoms with Crippen LogP contribution < -0.4 is 4.74 Å². The van der Waals surface area contributed by atoms with Crippen LogP contribution in [0.25, 0.3) is 11.3 Å². The number of rotatable bonds is 5. The summed E-state index contributed by atoms with van der Waals surface area (Å²) in [7, 11) is 0. The molecular formula is C21H18BrF3N2O. The lowest BCUT2D eigenvalue weighted by Crippen LogP contribution is -2.18. The summed E-state index contributed by atoms with van der Waals surface area (Å²) < 4.78 is 47.9. The van der Waals surface area contributed by atoms with E-state index in [1.165, 1.54) is 11.1 Å². The van der Waals surface area contributed by atoms with E-state index in [-0.39, 0.29) is 13.2 Å². The Morgan fingerprint density at radius 2 is 1.75 bits per heavy atom. The number of aromatic nitrogens is 2. The van der Waals surface area contributed by atoms with E-state index < -0.39 is 11.9 Å². The number of fused-ring (bicyclic) bond motifs is 1. The molecule has 0 radical (unpaired) electrons. The summed E-state index contributed by atoms with van der Waals surface area (Å²) in [5.41, 5.74) is 2.72. The molecule has 1 aliphatic rings. The lowest BCUT2D eigenvalue weighted by molar-refractivity contribution is -0.144. The van der Waals surface area contributed by atoms with E-state index in [4.69, 9.17) is 4.74 Å².